The zero-order valence-electron chi connectivity index (χ0n) is 18.7. The van der Waals surface area contributed by atoms with Crippen molar-refractivity contribution < 1.29 is 13.9 Å². The van der Waals surface area contributed by atoms with Gasteiger partial charge in [-0.2, -0.15) is 0 Å². The summed E-state index contributed by atoms with van der Waals surface area (Å²) in [5, 5.41) is 0. The SMILES string of the molecule is CCCCC1CCC(C2CCC3C(CCCC3C(=O)Oc3ccc(F)cc3)C2)CC1. The molecule has 3 aliphatic carbocycles. The van der Waals surface area contributed by atoms with Crippen LogP contribution in [0.15, 0.2) is 24.3 Å². The van der Waals surface area contributed by atoms with E-state index >= 15 is 0 Å². The number of esters is 1. The first-order valence-electron chi connectivity index (χ1n) is 12.6. The van der Waals surface area contributed by atoms with Gasteiger partial charge in [-0.15, -0.1) is 0 Å². The molecule has 4 atom stereocenters. The van der Waals surface area contributed by atoms with Gasteiger partial charge in [-0.05, 0) is 92.4 Å². The van der Waals surface area contributed by atoms with E-state index in [2.05, 4.69) is 6.92 Å². The van der Waals surface area contributed by atoms with Crippen LogP contribution in [-0.2, 0) is 4.79 Å². The number of ether oxygens (including phenoxy) is 1. The number of fused-ring (bicyclic) bond motifs is 1. The van der Waals surface area contributed by atoms with Crippen LogP contribution < -0.4 is 4.74 Å². The van der Waals surface area contributed by atoms with Crippen molar-refractivity contribution in [2.24, 2.45) is 35.5 Å². The second-order valence-corrected chi connectivity index (χ2v) is 10.3. The first kappa shape index (κ1) is 21.8. The van der Waals surface area contributed by atoms with E-state index in [0.29, 0.717) is 17.6 Å². The van der Waals surface area contributed by atoms with Crippen LogP contribution in [0.4, 0.5) is 4.39 Å². The van der Waals surface area contributed by atoms with Gasteiger partial charge >= 0.3 is 5.97 Å². The van der Waals surface area contributed by atoms with Gasteiger partial charge in [0.15, 0.2) is 0 Å². The molecule has 4 unspecified atom stereocenters. The van der Waals surface area contributed by atoms with Crippen LogP contribution in [0, 0.1) is 41.3 Å². The molecule has 0 saturated heterocycles. The maximum absolute atomic E-state index is 13.1. The molecule has 3 heteroatoms. The summed E-state index contributed by atoms with van der Waals surface area (Å²) in [6, 6.07) is 5.82. The van der Waals surface area contributed by atoms with Crippen LogP contribution in [0.5, 0.6) is 5.75 Å². The minimum absolute atomic E-state index is 0.0273. The van der Waals surface area contributed by atoms with Gasteiger partial charge in [-0.3, -0.25) is 4.79 Å². The van der Waals surface area contributed by atoms with Crippen LogP contribution in [0.3, 0.4) is 0 Å². The molecule has 1 aromatic rings. The maximum Gasteiger partial charge on any atom is 0.314 e. The quantitative estimate of drug-likeness (QED) is 0.354. The molecule has 1 aromatic carbocycles. The van der Waals surface area contributed by atoms with Gasteiger partial charge in [0, 0.05) is 0 Å². The van der Waals surface area contributed by atoms with Crippen LogP contribution in [0.2, 0.25) is 0 Å². The number of benzene rings is 1. The molecule has 0 heterocycles. The summed E-state index contributed by atoms with van der Waals surface area (Å²) in [7, 11) is 0. The lowest BCUT2D eigenvalue weighted by atomic mass is 9.59. The molecule has 3 saturated carbocycles. The second kappa shape index (κ2) is 10.3. The monoisotopic (exact) mass is 414 g/mol. The molecule has 3 aliphatic rings. The third-order valence-electron chi connectivity index (χ3n) is 8.55. The van der Waals surface area contributed by atoms with Crippen molar-refractivity contribution in [1.29, 1.82) is 0 Å². The molecule has 0 spiro atoms. The van der Waals surface area contributed by atoms with E-state index in [9.17, 15) is 9.18 Å². The Hall–Kier alpha value is -1.38. The van der Waals surface area contributed by atoms with Crippen LogP contribution >= 0.6 is 0 Å². The maximum atomic E-state index is 13.1. The molecule has 30 heavy (non-hydrogen) atoms. The van der Waals surface area contributed by atoms with Gasteiger partial charge in [-0.25, -0.2) is 4.39 Å². The Kier molecular flexibility index (Phi) is 7.49. The summed E-state index contributed by atoms with van der Waals surface area (Å²) in [5.74, 6) is 4.08. The molecule has 2 nitrogen and oxygen atoms in total. The topological polar surface area (TPSA) is 26.3 Å². The highest BCUT2D eigenvalue weighted by Crippen LogP contribution is 2.50. The van der Waals surface area contributed by atoms with E-state index < -0.39 is 0 Å². The molecule has 0 N–H and O–H groups in total. The number of carbonyl (C=O) groups excluding carboxylic acids is 1. The highest BCUT2D eigenvalue weighted by atomic mass is 19.1. The Morgan fingerprint density at radius 2 is 1.67 bits per heavy atom. The summed E-state index contributed by atoms with van der Waals surface area (Å²) in [4.78, 5) is 12.9. The summed E-state index contributed by atoms with van der Waals surface area (Å²) in [5.41, 5.74) is 0. The van der Waals surface area contributed by atoms with Crippen molar-refractivity contribution in [3.05, 3.63) is 30.1 Å². The average molecular weight is 415 g/mol. The van der Waals surface area contributed by atoms with Gasteiger partial charge in [0.1, 0.15) is 11.6 Å². The molecule has 0 radical (unpaired) electrons. The highest BCUT2D eigenvalue weighted by Gasteiger charge is 2.43. The highest BCUT2D eigenvalue weighted by molar-refractivity contribution is 5.75. The largest absolute Gasteiger partial charge is 0.426 e. The van der Waals surface area contributed by atoms with E-state index in [4.69, 9.17) is 4.74 Å². The lowest BCUT2D eigenvalue weighted by molar-refractivity contribution is -0.144. The van der Waals surface area contributed by atoms with E-state index in [-0.39, 0.29) is 17.7 Å². The van der Waals surface area contributed by atoms with Crippen molar-refractivity contribution in [2.75, 3.05) is 0 Å². The summed E-state index contributed by atoms with van der Waals surface area (Å²) in [6.07, 6.45) is 17.1. The van der Waals surface area contributed by atoms with Crippen molar-refractivity contribution in [3.8, 4) is 5.75 Å². The lowest BCUT2D eigenvalue weighted by Crippen LogP contribution is -2.40. The number of unbranched alkanes of at least 4 members (excludes halogenated alkanes) is 1. The minimum Gasteiger partial charge on any atom is -0.426 e. The first-order valence-corrected chi connectivity index (χ1v) is 12.6. The Bertz CT molecular complexity index is 677. The van der Waals surface area contributed by atoms with Gasteiger partial charge in [0.25, 0.3) is 0 Å². The molecule has 3 fully saturated rings. The molecule has 4 rings (SSSR count). The summed E-state index contributed by atoms with van der Waals surface area (Å²) >= 11 is 0. The van der Waals surface area contributed by atoms with Crippen molar-refractivity contribution in [3.63, 3.8) is 0 Å². The third-order valence-corrected chi connectivity index (χ3v) is 8.55. The number of halogens is 1. The molecule has 0 bridgehead atoms. The van der Waals surface area contributed by atoms with Crippen molar-refractivity contribution in [2.45, 2.75) is 90.4 Å². The Morgan fingerprint density at radius 3 is 2.40 bits per heavy atom. The van der Waals surface area contributed by atoms with Gasteiger partial charge < -0.3 is 4.74 Å². The smallest absolute Gasteiger partial charge is 0.314 e. The number of carbonyl (C=O) groups is 1. The molecular weight excluding hydrogens is 375 g/mol. The number of hydrogen-bond donors (Lipinski definition) is 0. The fraction of sp³-hybridized carbons (Fsp3) is 0.741. The fourth-order valence-electron chi connectivity index (χ4n) is 6.86. The van der Waals surface area contributed by atoms with Crippen molar-refractivity contribution in [1.82, 2.24) is 0 Å². The van der Waals surface area contributed by atoms with E-state index in [1.165, 1.54) is 82.8 Å². The van der Waals surface area contributed by atoms with Gasteiger partial charge in [0.2, 0.25) is 0 Å². The average Bonchev–Trinajstić information content (AvgIpc) is 2.78. The second-order valence-electron chi connectivity index (χ2n) is 10.3. The van der Waals surface area contributed by atoms with E-state index in [1.807, 2.05) is 0 Å². The van der Waals surface area contributed by atoms with Crippen LogP contribution in [0.25, 0.3) is 0 Å². The number of rotatable bonds is 6. The fourth-order valence-corrected chi connectivity index (χ4v) is 6.86. The first-order chi connectivity index (χ1) is 14.6. The Labute approximate surface area is 182 Å². The predicted octanol–water partition coefficient (Wildman–Crippen LogP) is 7.56. The predicted molar refractivity (Wildman–Crippen MR) is 119 cm³/mol. The third kappa shape index (κ3) is 5.26. The molecule has 0 aliphatic heterocycles. The zero-order chi connectivity index (χ0) is 20.9. The van der Waals surface area contributed by atoms with E-state index in [0.717, 1.165) is 30.6 Å². The lowest BCUT2D eigenvalue weighted by Gasteiger charge is -2.46. The molecule has 166 valence electrons. The standard InChI is InChI=1S/C27H39FO2/c1-2-3-5-19-8-10-20(11-9-19)21-12-17-25-22(18-21)6-4-7-26(25)27(29)30-24-15-13-23(28)14-16-24/h13-16,19-22,25-26H,2-12,17-18H2,1H3. The summed E-state index contributed by atoms with van der Waals surface area (Å²) < 4.78 is 18.8. The van der Waals surface area contributed by atoms with Crippen LogP contribution in [0.1, 0.15) is 90.4 Å². The normalized spacial score (nSPS) is 34.2. The summed E-state index contributed by atoms with van der Waals surface area (Å²) in [6.45, 7) is 2.30. The van der Waals surface area contributed by atoms with Crippen LogP contribution in [-0.4, -0.2) is 5.97 Å². The zero-order valence-corrected chi connectivity index (χ0v) is 18.7. The van der Waals surface area contributed by atoms with Gasteiger partial charge in [-0.1, -0.05) is 51.9 Å². The minimum atomic E-state index is -0.301. The Balaban J connectivity index is 1.30. The van der Waals surface area contributed by atoms with Crippen molar-refractivity contribution >= 4 is 5.97 Å². The Morgan fingerprint density at radius 1 is 0.933 bits per heavy atom. The molecule has 0 amide bonds. The molecule has 0 aromatic heterocycles. The van der Waals surface area contributed by atoms with Gasteiger partial charge in [0.05, 0.1) is 5.92 Å². The number of hydrogen-bond acceptors (Lipinski definition) is 2. The van der Waals surface area contributed by atoms with E-state index in [1.54, 1.807) is 12.1 Å². The molecular formula is C27H39FO2.